The summed E-state index contributed by atoms with van der Waals surface area (Å²) in [5, 5.41) is 12.0. The second-order valence-electron chi connectivity index (χ2n) is 4.67. The average Bonchev–Trinajstić information content (AvgIpc) is 3.13. The number of nitrogens with one attached hydrogen (secondary N) is 2. The lowest BCUT2D eigenvalue weighted by Crippen LogP contribution is -2.38. The molecule has 106 valence electrons. The first-order valence-corrected chi connectivity index (χ1v) is 6.10. The van der Waals surface area contributed by atoms with Gasteiger partial charge in [0.2, 0.25) is 5.43 Å². The summed E-state index contributed by atoms with van der Waals surface area (Å²) in [7, 11) is 0. The molecule has 19 heavy (non-hydrogen) atoms. The molecule has 0 bridgehead atoms. The van der Waals surface area contributed by atoms with E-state index in [0.717, 1.165) is 6.20 Å². The minimum Gasteiger partial charge on any atom is -0.503 e. The molecular formula is C12H15F3N2O2. The summed E-state index contributed by atoms with van der Waals surface area (Å²) in [5.74, 6) is -0.633. The molecule has 3 N–H and O–H groups in total. The molecule has 1 aromatic rings. The average molecular weight is 276 g/mol. The van der Waals surface area contributed by atoms with Crippen LogP contribution in [-0.2, 0) is 6.42 Å². The molecule has 1 saturated carbocycles. The predicted octanol–water partition coefficient (Wildman–Crippen LogP) is 2.00. The summed E-state index contributed by atoms with van der Waals surface area (Å²) < 4.78 is 39.0. The van der Waals surface area contributed by atoms with Crippen LogP contribution in [0.1, 0.15) is 37.1 Å². The van der Waals surface area contributed by atoms with Crippen LogP contribution in [0.2, 0.25) is 0 Å². The van der Waals surface area contributed by atoms with Gasteiger partial charge in [-0.3, -0.25) is 10.1 Å². The molecule has 0 amide bonds. The highest BCUT2D eigenvalue weighted by Crippen LogP contribution is 2.35. The van der Waals surface area contributed by atoms with Crippen LogP contribution in [0.25, 0.3) is 0 Å². The summed E-state index contributed by atoms with van der Waals surface area (Å²) in [6.07, 6.45) is -1.86. The number of aromatic hydroxyl groups is 1. The Kier molecular flexibility index (Phi) is 3.58. The molecule has 1 aromatic heterocycles. The zero-order chi connectivity index (χ0) is 14.2. The Bertz CT molecular complexity index is 521. The molecule has 7 heteroatoms. The van der Waals surface area contributed by atoms with Gasteiger partial charge in [0.05, 0.1) is 5.69 Å². The SMILES string of the molecule is CCc1[nH]cc(C(NC2CC2)C(F)(F)F)c(=O)c1O. The minimum atomic E-state index is -4.57. The predicted molar refractivity (Wildman–Crippen MR) is 63.1 cm³/mol. The van der Waals surface area contributed by atoms with Crippen molar-refractivity contribution in [3.8, 4) is 5.75 Å². The number of rotatable bonds is 4. The summed E-state index contributed by atoms with van der Waals surface area (Å²) in [6.45, 7) is 1.69. The van der Waals surface area contributed by atoms with Crippen LogP contribution >= 0.6 is 0 Å². The van der Waals surface area contributed by atoms with E-state index in [-0.39, 0.29) is 11.7 Å². The van der Waals surface area contributed by atoms with E-state index >= 15 is 0 Å². The van der Waals surface area contributed by atoms with E-state index in [1.165, 1.54) is 0 Å². The molecule has 0 aliphatic heterocycles. The van der Waals surface area contributed by atoms with E-state index in [0.29, 0.717) is 19.3 Å². The third-order valence-corrected chi connectivity index (χ3v) is 3.14. The summed E-state index contributed by atoms with van der Waals surface area (Å²) in [5.41, 5.74) is -1.22. The van der Waals surface area contributed by atoms with Gasteiger partial charge in [-0.2, -0.15) is 13.2 Å². The van der Waals surface area contributed by atoms with Crippen molar-refractivity contribution in [3.63, 3.8) is 0 Å². The second kappa shape index (κ2) is 4.88. The molecule has 0 aromatic carbocycles. The number of pyridine rings is 1. The lowest BCUT2D eigenvalue weighted by atomic mass is 10.1. The van der Waals surface area contributed by atoms with E-state index in [1.807, 2.05) is 0 Å². The Balaban J connectivity index is 2.41. The van der Waals surface area contributed by atoms with Crippen molar-refractivity contribution in [1.29, 1.82) is 0 Å². The number of halogens is 3. The van der Waals surface area contributed by atoms with Crippen LogP contribution in [0, 0.1) is 0 Å². The number of alkyl halides is 3. The van der Waals surface area contributed by atoms with Crippen LogP contribution in [0.5, 0.6) is 5.75 Å². The van der Waals surface area contributed by atoms with Gasteiger partial charge in [0.1, 0.15) is 6.04 Å². The smallest absolute Gasteiger partial charge is 0.408 e. The Hall–Kier alpha value is -1.50. The zero-order valence-electron chi connectivity index (χ0n) is 10.3. The third-order valence-electron chi connectivity index (χ3n) is 3.14. The highest BCUT2D eigenvalue weighted by Gasteiger charge is 2.45. The minimum absolute atomic E-state index is 0.209. The number of aryl methyl sites for hydroxylation is 1. The Morgan fingerprint density at radius 2 is 2.16 bits per heavy atom. The van der Waals surface area contributed by atoms with Crippen molar-refractivity contribution in [2.75, 3.05) is 0 Å². The van der Waals surface area contributed by atoms with Crippen LogP contribution in [0.3, 0.4) is 0 Å². The van der Waals surface area contributed by atoms with Gasteiger partial charge in [0, 0.05) is 17.8 Å². The lowest BCUT2D eigenvalue weighted by Gasteiger charge is -2.21. The Labute approximate surface area is 107 Å². The molecule has 4 nitrogen and oxygen atoms in total. The van der Waals surface area contributed by atoms with Gasteiger partial charge in [-0.1, -0.05) is 6.92 Å². The Morgan fingerprint density at radius 1 is 1.53 bits per heavy atom. The normalized spacial score (nSPS) is 17.5. The molecule has 2 rings (SSSR count). The fraction of sp³-hybridized carbons (Fsp3) is 0.583. The summed E-state index contributed by atoms with van der Waals surface area (Å²) in [4.78, 5) is 14.4. The molecule has 1 heterocycles. The molecule has 0 spiro atoms. The number of aromatic nitrogens is 1. The Morgan fingerprint density at radius 3 is 2.63 bits per heavy atom. The van der Waals surface area contributed by atoms with Gasteiger partial charge in [0.15, 0.2) is 5.75 Å². The fourth-order valence-electron chi connectivity index (χ4n) is 1.90. The van der Waals surface area contributed by atoms with Gasteiger partial charge in [-0.25, -0.2) is 0 Å². The quantitative estimate of drug-likeness (QED) is 0.788. The number of hydrogen-bond acceptors (Lipinski definition) is 3. The van der Waals surface area contributed by atoms with Crippen molar-refractivity contribution in [1.82, 2.24) is 10.3 Å². The maximum Gasteiger partial charge on any atom is 0.408 e. The van der Waals surface area contributed by atoms with Gasteiger partial charge >= 0.3 is 6.18 Å². The topological polar surface area (TPSA) is 65.1 Å². The molecular weight excluding hydrogens is 261 g/mol. The van der Waals surface area contributed by atoms with Crippen molar-refractivity contribution < 1.29 is 18.3 Å². The first-order chi connectivity index (χ1) is 8.84. The van der Waals surface area contributed by atoms with Crippen molar-refractivity contribution in [2.45, 2.75) is 44.4 Å². The number of aromatic amines is 1. The van der Waals surface area contributed by atoms with E-state index in [1.54, 1.807) is 6.92 Å². The van der Waals surface area contributed by atoms with Crippen molar-refractivity contribution in [2.24, 2.45) is 0 Å². The first-order valence-electron chi connectivity index (χ1n) is 6.10. The fourth-order valence-corrected chi connectivity index (χ4v) is 1.90. The maximum atomic E-state index is 13.0. The lowest BCUT2D eigenvalue weighted by molar-refractivity contribution is -0.158. The molecule has 0 saturated heterocycles. The second-order valence-corrected chi connectivity index (χ2v) is 4.67. The monoisotopic (exact) mass is 276 g/mol. The summed E-state index contributed by atoms with van der Waals surface area (Å²) >= 11 is 0. The maximum absolute atomic E-state index is 13.0. The number of hydrogen-bond donors (Lipinski definition) is 3. The van der Waals surface area contributed by atoms with E-state index in [2.05, 4.69) is 10.3 Å². The largest absolute Gasteiger partial charge is 0.503 e. The van der Waals surface area contributed by atoms with Gasteiger partial charge in [-0.15, -0.1) is 0 Å². The molecule has 1 atom stereocenters. The van der Waals surface area contributed by atoms with Gasteiger partial charge in [-0.05, 0) is 19.3 Å². The van der Waals surface area contributed by atoms with Crippen molar-refractivity contribution >= 4 is 0 Å². The van der Waals surface area contributed by atoms with Crippen LogP contribution in [0.4, 0.5) is 13.2 Å². The van der Waals surface area contributed by atoms with Gasteiger partial charge < -0.3 is 10.1 Å². The first kappa shape index (κ1) is 13.9. The van der Waals surface area contributed by atoms with E-state index in [4.69, 9.17) is 0 Å². The highest BCUT2D eigenvalue weighted by atomic mass is 19.4. The third kappa shape index (κ3) is 2.91. The number of H-pyrrole nitrogens is 1. The molecule has 1 fully saturated rings. The molecule has 1 aliphatic carbocycles. The van der Waals surface area contributed by atoms with Crippen LogP contribution in [-0.4, -0.2) is 22.3 Å². The van der Waals surface area contributed by atoms with E-state index in [9.17, 15) is 23.1 Å². The van der Waals surface area contributed by atoms with Crippen LogP contribution in [0.15, 0.2) is 11.0 Å². The van der Waals surface area contributed by atoms with Gasteiger partial charge in [0.25, 0.3) is 0 Å². The van der Waals surface area contributed by atoms with Crippen LogP contribution < -0.4 is 10.7 Å². The standard InChI is InChI=1S/C12H15F3N2O2/c1-2-8-10(19)9(18)7(5-16-8)11(12(13,14)15)17-6-3-4-6/h5-6,11,17,19H,2-4H2,1H3,(H,16,18). The molecule has 1 unspecified atom stereocenters. The summed E-state index contributed by atoms with van der Waals surface area (Å²) in [6, 6.07) is -2.25. The highest BCUT2D eigenvalue weighted by molar-refractivity contribution is 5.32. The van der Waals surface area contributed by atoms with Crippen molar-refractivity contribution in [3.05, 3.63) is 27.7 Å². The molecule has 0 radical (unpaired) electrons. The van der Waals surface area contributed by atoms with E-state index < -0.39 is 29.0 Å². The zero-order valence-corrected chi connectivity index (χ0v) is 10.3. The molecule has 1 aliphatic rings.